The average molecular weight is 266 g/mol. The predicted octanol–water partition coefficient (Wildman–Crippen LogP) is 1.65. The molecule has 0 saturated carbocycles. The second-order valence-corrected chi connectivity index (χ2v) is 4.13. The number of para-hydroxylation sites is 2. The molecule has 0 aliphatic heterocycles. The van der Waals surface area contributed by atoms with Gasteiger partial charge < -0.3 is 20.1 Å². The highest BCUT2D eigenvalue weighted by Crippen LogP contribution is 2.22. The number of hydrogen-bond acceptors (Lipinski definition) is 4. The first-order valence-corrected chi connectivity index (χ1v) is 6.40. The summed E-state index contributed by atoms with van der Waals surface area (Å²) in [4.78, 5) is 11.7. The number of carbonyl (C=O) groups is 1. The van der Waals surface area contributed by atoms with Crippen LogP contribution in [0.1, 0.15) is 12.8 Å². The number of rotatable bonds is 9. The van der Waals surface area contributed by atoms with Gasteiger partial charge in [0.2, 0.25) is 5.91 Å². The van der Waals surface area contributed by atoms with E-state index in [2.05, 4.69) is 10.6 Å². The van der Waals surface area contributed by atoms with Gasteiger partial charge in [0.15, 0.2) is 0 Å². The third kappa shape index (κ3) is 6.22. The van der Waals surface area contributed by atoms with Gasteiger partial charge in [0.25, 0.3) is 0 Å². The van der Waals surface area contributed by atoms with Crippen molar-refractivity contribution in [2.75, 3.05) is 39.2 Å². The van der Waals surface area contributed by atoms with Crippen molar-refractivity contribution in [1.82, 2.24) is 5.32 Å². The van der Waals surface area contributed by atoms with Crippen molar-refractivity contribution in [2.24, 2.45) is 0 Å². The van der Waals surface area contributed by atoms with Crippen LogP contribution in [0.15, 0.2) is 24.3 Å². The number of amides is 1. The van der Waals surface area contributed by atoms with Crippen LogP contribution in [0.2, 0.25) is 0 Å². The number of unbranched alkanes of at least 4 members (excludes halogenated alkanes) is 1. The van der Waals surface area contributed by atoms with E-state index in [0.29, 0.717) is 18.0 Å². The first kappa shape index (κ1) is 15.5. The molecule has 1 amide bonds. The third-order valence-electron chi connectivity index (χ3n) is 2.62. The van der Waals surface area contributed by atoms with Gasteiger partial charge in [-0.25, -0.2) is 0 Å². The van der Waals surface area contributed by atoms with E-state index in [0.717, 1.165) is 26.0 Å². The standard InChI is InChI=1S/C14H22N2O3/c1-18-10-6-5-9-15-11-14(17)16-12-7-3-4-8-13(12)19-2/h3-4,7-8,15H,5-6,9-11H2,1-2H3,(H,16,17). The monoisotopic (exact) mass is 266 g/mol. The van der Waals surface area contributed by atoms with Crippen molar-refractivity contribution in [1.29, 1.82) is 0 Å². The SMILES string of the molecule is COCCCCNCC(=O)Nc1ccccc1OC. The van der Waals surface area contributed by atoms with E-state index < -0.39 is 0 Å². The molecule has 0 radical (unpaired) electrons. The molecule has 5 heteroatoms. The third-order valence-corrected chi connectivity index (χ3v) is 2.62. The van der Waals surface area contributed by atoms with Crippen LogP contribution >= 0.6 is 0 Å². The summed E-state index contributed by atoms with van der Waals surface area (Å²) < 4.78 is 10.1. The van der Waals surface area contributed by atoms with Gasteiger partial charge in [0.05, 0.1) is 19.3 Å². The second kappa shape index (κ2) is 9.35. The van der Waals surface area contributed by atoms with Crippen LogP contribution in [-0.2, 0) is 9.53 Å². The molecule has 1 aromatic rings. The lowest BCUT2D eigenvalue weighted by molar-refractivity contribution is -0.115. The van der Waals surface area contributed by atoms with E-state index in [4.69, 9.17) is 9.47 Å². The zero-order chi connectivity index (χ0) is 13.9. The zero-order valence-electron chi connectivity index (χ0n) is 11.6. The number of carbonyl (C=O) groups excluding carboxylic acids is 1. The summed E-state index contributed by atoms with van der Waals surface area (Å²) in [5.74, 6) is 0.590. The topological polar surface area (TPSA) is 59.6 Å². The molecule has 0 aromatic heterocycles. The number of methoxy groups -OCH3 is 2. The summed E-state index contributed by atoms with van der Waals surface area (Å²) in [6.45, 7) is 1.86. The minimum Gasteiger partial charge on any atom is -0.495 e. The molecule has 106 valence electrons. The Morgan fingerprint density at radius 1 is 1.21 bits per heavy atom. The normalized spacial score (nSPS) is 10.2. The fourth-order valence-electron chi connectivity index (χ4n) is 1.64. The number of nitrogens with one attached hydrogen (secondary N) is 2. The van der Waals surface area contributed by atoms with Crippen LogP contribution in [0.3, 0.4) is 0 Å². The predicted molar refractivity (Wildman–Crippen MR) is 75.6 cm³/mol. The van der Waals surface area contributed by atoms with Crippen molar-refractivity contribution in [3.63, 3.8) is 0 Å². The van der Waals surface area contributed by atoms with Gasteiger partial charge in [-0.2, -0.15) is 0 Å². The van der Waals surface area contributed by atoms with Crippen LogP contribution in [0.4, 0.5) is 5.69 Å². The molecule has 0 saturated heterocycles. The van der Waals surface area contributed by atoms with E-state index in [1.165, 1.54) is 0 Å². The summed E-state index contributed by atoms with van der Waals surface area (Å²) in [7, 11) is 3.27. The van der Waals surface area contributed by atoms with Crippen LogP contribution in [0.5, 0.6) is 5.75 Å². The van der Waals surface area contributed by atoms with E-state index >= 15 is 0 Å². The summed E-state index contributed by atoms with van der Waals surface area (Å²) in [6, 6.07) is 7.35. The largest absolute Gasteiger partial charge is 0.495 e. The van der Waals surface area contributed by atoms with Gasteiger partial charge in [-0.05, 0) is 31.5 Å². The molecular formula is C14H22N2O3. The molecule has 0 heterocycles. The lowest BCUT2D eigenvalue weighted by Crippen LogP contribution is -2.29. The fraction of sp³-hybridized carbons (Fsp3) is 0.500. The summed E-state index contributed by atoms with van der Waals surface area (Å²) in [5.41, 5.74) is 0.691. The van der Waals surface area contributed by atoms with Gasteiger partial charge in [-0.15, -0.1) is 0 Å². The lowest BCUT2D eigenvalue weighted by atomic mass is 10.3. The first-order chi connectivity index (χ1) is 9.27. The highest BCUT2D eigenvalue weighted by molar-refractivity contribution is 5.93. The van der Waals surface area contributed by atoms with Gasteiger partial charge in [0.1, 0.15) is 5.75 Å². The van der Waals surface area contributed by atoms with Crippen molar-refractivity contribution < 1.29 is 14.3 Å². The Morgan fingerprint density at radius 3 is 2.74 bits per heavy atom. The quantitative estimate of drug-likeness (QED) is 0.667. The maximum Gasteiger partial charge on any atom is 0.238 e. The molecular weight excluding hydrogens is 244 g/mol. The van der Waals surface area contributed by atoms with Crippen molar-refractivity contribution in [3.05, 3.63) is 24.3 Å². The van der Waals surface area contributed by atoms with E-state index in [1.54, 1.807) is 14.2 Å². The molecule has 19 heavy (non-hydrogen) atoms. The Labute approximate surface area is 114 Å². The van der Waals surface area contributed by atoms with Crippen LogP contribution in [0.25, 0.3) is 0 Å². The van der Waals surface area contributed by atoms with Crippen molar-refractivity contribution in [3.8, 4) is 5.75 Å². The molecule has 0 fully saturated rings. The minimum absolute atomic E-state index is 0.0729. The molecule has 0 aliphatic carbocycles. The lowest BCUT2D eigenvalue weighted by Gasteiger charge is -2.10. The van der Waals surface area contributed by atoms with Crippen molar-refractivity contribution in [2.45, 2.75) is 12.8 Å². The first-order valence-electron chi connectivity index (χ1n) is 6.40. The van der Waals surface area contributed by atoms with E-state index in [1.807, 2.05) is 24.3 Å². The van der Waals surface area contributed by atoms with Crippen LogP contribution in [0, 0.1) is 0 Å². The summed E-state index contributed by atoms with van der Waals surface area (Å²) >= 11 is 0. The molecule has 1 rings (SSSR count). The molecule has 0 bridgehead atoms. The van der Waals surface area contributed by atoms with Gasteiger partial charge in [0, 0.05) is 13.7 Å². The van der Waals surface area contributed by atoms with Gasteiger partial charge in [-0.3, -0.25) is 4.79 Å². The number of ether oxygens (including phenoxy) is 2. The smallest absolute Gasteiger partial charge is 0.238 e. The minimum atomic E-state index is -0.0729. The summed E-state index contributed by atoms with van der Waals surface area (Å²) in [5, 5.41) is 5.91. The Balaban J connectivity index is 2.23. The Hall–Kier alpha value is -1.59. The van der Waals surface area contributed by atoms with Gasteiger partial charge in [-0.1, -0.05) is 12.1 Å². The Bertz CT molecular complexity index is 383. The van der Waals surface area contributed by atoms with Crippen LogP contribution < -0.4 is 15.4 Å². The van der Waals surface area contributed by atoms with Crippen molar-refractivity contribution >= 4 is 11.6 Å². The highest BCUT2D eigenvalue weighted by Gasteiger charge is 2.05. The average Bonchev–Trinajstić information content (AvgIpc) is 2.43. The number of hydrogen-bond donors (Lipinski definition) is 2. The molecule has 0 spiro atoms. The molecule has 5 nitrogen and oxygen atoms in total. The number of anilines is 1. The number of benzene rings is 1. The summed E-state index contributed by atoms with van der Waals surface area (Å²) in [6.07, 6.45) is 1.99. The van der Waals surface area contributed by atoms with Gasteiger partial charge >= 0.3 is 0 Å². The maximum atomic E-state index is 11.7. The zero-order valence-corrected chi connectivity index (χ0v) is 11.6. The molecule has 2 N–H and O–H groups in total. The van der Waals surface area contributed by atoms with E-state index in [9.17, 15) is 4.79 Å². The molecule has 0 aliphatic rings. The molecule has 0 unspecified atom stereocenters. The second-order valence-electron chi connectivity index (χ2n) is 4.13. The Kier molecular flexibility index (Phi) is 7.62. The molecule has 1 aromatic carbocycles. The molecule has 0 atom stereocenters. The Morgan fingerprint density at radius 2 is 2.00 bits per heavy atom. The van der Waals surface area contributed by atoms with Crippen LogP contribution in [-0.4, -0.2) is 39.8 Å². The van der Waals surface area contributed by atoms with E-state index in [-0.39, 0.29) is 5.91 Å². The maximum absolute atomic E-state index is 11.7. The fourth-order valence-corrected chi connectivity index (χ4v) is 1.64. The highest BCUT2D eigenvalue weighted by atomic mass is 16.5.